The summed E-state index contributed by atoms with van der Waals surface area (Å²) in [6, 6.07) is 8.45. The van der Waals surface area contributed by atoms with Crippen molar-refractivity contribution in [1.29, 1.82) is 0 Å². The second-order valence-corrected chi connectivity index (χ2v) is 7.24. The number of hydrogen-bond donors (Lipinski definition) is 0. The molecular weight excluding hydrogens is 350 g/mol. The predicted molar refractivity (Wildman–Crippen MR) is 78.4 cm³/mol. The third-order valence-electron chi connectivity index (χ3n) is 2.35. The SMILES string of the molecule is O=S(=O)(c1cc(Cl)cc(Cl)c1)c1cccc(Cl)c1Cl. The minimum atomic E-state index is -3.82. The summed E-state index contributed by atoms with van der Waals surface area (Å²) < 4.78 is 24.9. The van der Waals surface area contributed by atoms with E-state index in [4.69, 9.17) is 46.4 Å². The average molecular weight is 356 g/mol. The van der Waals surface area contributed by atoms with E-state index >= 15 is 0 Å². The largest absolute Gasteiger partial charge is 0.218 e. The van der Waals surface area contributed by atoms with E-state index in [1.165, 1.54) is 36.4 Å². The van der Waals surface area contributed by atoms with Crippen LogP contribution >= 0.6 is 46.4 Å². The molecule has 7 heteroatoms. The monoisotopic (exact) mass is 354 g/mol. The van der Waals surface area contributed by atoms with Gasteiger partial charge in [0.05, 0.1) is 19.8 Å². The number of halogens is 4. The first-order valence-electron chi connectivity index (χ1n) is 4.97. The standard InChI is InChI=1S/C12H6Cl4O2S/c13-7-4-8(14)6-9(5-7)19(17,18)11-3-1-2-10(15)12(11)16/h1-6H. The van der Waals surface area contributed by atoms with Gasteiger partial charge in [0, 0.05) is 10.0 Å². The molecule has 2 aromatic rings. The van der Waals surface area contributed by atoms with Crippen molar-refractivity contribution in [3.63, 3.8) is 0 Å². The lowest BCUT2D eigenvalue weighted by atomic mass is 10.3. The maximum absolute atomic E-state index is 12.5. The van der Waals surface area contributed by atoms with Gasteiger partial charge in [-0.2, -0.15) is 0 Å². The molecular formula is C12H6Cl4O2S. The highest BCUT2D eigenvalue weighted by Gasteiger charge is 2.22. The Morgan fingerprint density at radius 1 is 0.842 bits per heavy atom. The molecule has 0 bridgehead atoms. The molecule has 0 aliphatic carbocycles. The zero-order valence-electron chi connectivity index (χ0n) is 9.20. The summed E-state index contributed by atoms with van der Waals surface area (Å²) in [4.78, 5) is -0.117. The van der Waals surface area contributed by atoms with Crippen LogP contribution < -0.4 is 0 Å². The van der Waals surface area contributed by atoms with Gasteiger partial charge in [0.25, 0.3) is 0 Å². The van der Waals surface area contributed by atoms with Crippen LogP contribution in [0.4, 0.5) is 0 Å². The summed E-state index contributed by atoms with van der Waals surface area (Å²) in [5.41, 5.74) is 0. The Labute approximate surface area is 130 Å². The molecule has 0 spiro atoms. The van der Waals surface area contributed by atoms with Crippen molar-refractivity contribution < 1.29 is 8.42 Å². The molecule has 0 heterocycles. The van der Waals surface area contributed by atoms with E-state index in [9.17, 15) is 8.42 Å². The summed E-state index contributed by atoms with van der Waals surface area (Å²) in [7, 11) is -3.82. The van der Waals surface area contributed by atoms with E-state index in [-0.39, 0.29) is 29.9 Å². The maximum atomic E-state index is 12.5. The van der Waals surface area contributed by atoms with Crippen LogP contribution in [0.2, 0.25) is 20.1 Å². The van der Waals surface area contributed by atoms with Crippen molar-refractivity contribution in [2.75, 3.05) is 0 Å². The van der Waals surface area contributed by atoms with E-state index in [0.29, 0.717) is 0 Å². The molecule has 100 valence electrons. The molecule has 0 radical (unpaired) electrons. The molecule has 0 aliphatic rings. The zero-order valence-corrected chi connectivity index (χ0v) is 13.0. The summed E-state index contributed by atoms with van der Waals surface area (Å²) in [5.74, 6) is 0. The summed E-state index contributed by atoms with van der Waals surface area (Å²) >= 11 is 23.4. The molecule has 0 N–H and O–H groups in total. The summed E-state index contributed by atoms with van der Waals surface area (Å²) in [5, 5.41) is 0.588. The summed E-state index contributed by atoms with van der Waals surface area (Å²) in [6.45, 7) is 0. The number of hydrogen-bond acceptors (Lipinski definition) is 2. The Morgan fingerprint density at radius 3 is 2.00 bits per heavy atom. The van der Waals surface area contributed by atoms with Gasteiger partial charge in [-0.1, -0.05) is 52.5 Å². The molecule has 0 saturated heterocycles. The first kappa shape index (κ1) is 14.9. The van der Waals surface area contributed by atoms with E-state index < -0.39 is 9.84 Å². The lowest BCUT2D eigenvalue weighted by Crippen LogP contribution is -2.03. The van der Waals surface area contributed by atoms with Crippen molar-refractivity contribution in [3.8, 4) is 0 Å². The highest BCUT2D eigenvalue weighted by molar-refractivity contribution is 7.91. The zero-order chi connectivity index (χ0) is 14.2. The van der Waals surface area contributed by atoms with Crippen molar-refractivity contribution in [2.24, 2.45) is 0 Å². The van der Waals surface area contributed by atoms with Crippen LogP contribution in [0.15, 0.2) is 46.2 Å². The fourth-order valence-electron chi connectivity index (χ4n) is 1.50. The molecule has 2 rings (SSSR count). The minimum Gasteiger partial charge on any atom is -0.218 e. The molecule has 0 aromatic heterocycles. The molecule has 2 nitrogen and oxygen atoms in total. The topological polar surface area (TPSA) is 34.1 Å². The average Bonchev–Trinajstić information content (AvgIpc) is 2.31. The third-order valence-corrected chi connectivity index (χ3v) is 5.49. The van der Waals surface area contributed by atoms with Crippen molar-refractivity contribution in [3.05, 3.63) is 56.5 Å². The lowest BCUT2D eigenvalue weighted by Gasteiger charge is -2.08. The number of sulfone groups is 1. The highest BCUT2D eigenvalue weighted by atomic mass is 35.5. The van der Waals surface area contributed by atoms with Crippen LogP contribution in [-0.2, 0) is 9.84 Å². The normalized spacial score (nSPS) is 11.6. The Hall–Kier alpha value is -0.450. The fraction of sp³-hybridized carbons (Fsp3) is 0. The van der Waals surface area contributed by atoms with Crippen molar-refractivity contribution in [2.45, 2.75) is 9.79 Å². The predicted octanol–water partition coefficient (Wildman–Crippen LogP) is 5.13. The van der Waals surface area contributed by atoms with Crippen LogP contribution in [0.1, 0.15) is 0 Å². The minimum absolute atomic E-state index is 0.0275. The van der Waals surface area contributed by atoms with E-state index in [2.05, 4.69) is 0 Å². The van der Waals surface area contributed by atoms with Gasteiger partial charge >= 0.3 is 0 Å². The maximum Gasteiger partial charge on any atom is 0.208 e. The second-order valence-electron chi connectivity index (χ2n) is 3.66. The molecule has 0 saturated carbocycles. The first-order valence-corrected chi connectivity index (χ1v) is 7.97. The van der Waals surface area contributed by atoms with Gasteiger partial charge in [0.1, 0.15) is 0 Å². The van der Waals surface area contributed by atoms with Gasteiger partial charge in [0.2, 0.25) is 9.84 Å². The second kappa shape index (κ2) is 5.51. The van der Waals surface area contributed by atoms with Crippen LogP contribution in [0.5, 0.6) is 0 Å². The van der Waals surface area contributed by atoms with E-state index in [0.717, 1.165) is 0 Å². The highest BCUT2D eigenvalue weighted by Crippen LogP contribution is 2.34. The Kier molecular flexibility index (Phi) is 4.33. The summed E-state index contributed by atoms with van der Waals surface area (Å²) in [6.07, 6.45) is 0. The smallest absolute Gasteiger partial charge is 0.208 e. The van der Waals surface area contributed by atoms with Gasteiger partial charge in [-0.3, -0.25) is 0 Å². The molecule has 0 atom stereocenters. The van der Waals surface area contributed by atoms with Crippen LogP contribution in [0.3, 0.4) is 0 Å². The van der Waals surface area contributed by atoms with Gasteiger partial charge in [0.15, 0.2) is 0 Å². The Bertz CT molecular complexity index is 721. The van der Waals surface area contributed by atoms with Gasteiger partial charge in [-0.25, -0.2) is 8.42 Å². The molecule has 0 fully saturated rings. The van der Waals surface area contributed by atoms with Gasteiger partial charge in [-0.05, 0) is 30.3 Å². The van der Waals surface area contributed by atoms with Gasteiger partial charge < -0.3 is 0 Å². The molecule has 0 amide bonds. The third kappa shape index (κ3) is 3.01. The molecule has 19 heavy (non-hydrogen) atoms. The van der Waals surface area contributed by atoms with Crippen molar-refractivity contribution in [1.82, 2.24) is 0 Å². The van der Waals surface area contributed by atoms with Gasteiger partial charge in [-0.15, -0.1) is 0 Å². The molecule has 0 aliphatic heterocycles. The van der Waals surface area contributed by atoms with Crippen LogP contribution in [0.25, 0.3) is 0 Å². The number of rotatable bonds is 2. The van der Waals surface area contributed by atoms with Crippen LogP contribution in [0, 0.1) is 0 Å². The van der Waals surface area contributed by atoms with Crippen molar-refractivity contribution >= 4 is 56.2 Å². The first-order chi connectivity index (χ1) is 8.82. The molecule has 2 aromatic carbocycles. The van der Waals surface area contributed by atoms with Crippen LogP contribution in [-0.4, -0.2) is 8.42 Å². The Morgan fingerprint density at radius 2 is 1.42 bits per heavy atom. The molecule has 0 unspecified atom stereocenters. The fourth-order valence-corrected chi connectivity index (χ4v) is 4.24. The lowest BCUT2D eigenvalue weighted by molar-refractivity contribution is 0.596. The van der Waals surface area contributed by atoms with E-state index in [1.54, 1.807) is 0 Å². The number of benzene rings is 2. The quantitative estimate of drug-likeness (QED) is 0.747. The van der Waals surface area contributed by atoms with E-state index in [1.807, 2.05) is 0 Å². The Balaban J connectivity index is 2.69.